The Hall–Kier alpha value is -3.75. The van der Waals surface area contributed by atoms with E-state index in [1.165, 1.54) is 11.9 Å². The van der Waals surface area contributed by atoms with E-state index >= 15 is 0 Å². The quantitative estimate of drug-likeness (QED) is 0.610. The third-order valence-electron chi connectivity index (χ3n) is 4.73. The van der Waals surface area contributed by atoms with Gasteiger partial charge in [-0.15, -0.1) is 0 Å². The van der Waals surface area contributed by atoms with Gasteiger partial charge in [-0.25, -0.2) is 9.97 Å². The van der Waals surface area contributed by atoms with Gasteiger partial charge in [0.15, 0.2) is 11.5 Å². The van der Waals surface area contributed by atoms with E-state index in [1.54, 1.807) is 33.5 Å². The first-order chi connectivity index (χ1) is 14.1. The molecule has 1 aromatic heterocycles. The maximum Gasteiger partial charge on any atom is 0.234 e. The lowest BCUT2D eigenvalue weighted by Crippen LogP contribution is -2.17. The molecule has 2 heterocycles. The van der Waals surface area contributed by atoms with E-state index in [9.17, 15) is 0 Å². The molecule has 0 spiro atoms. The molecule has 2 aromatic carbocycles. The molecule has 3 N–H and O–H groups in total. The molecule has 0 aliphatic carbocycles. The molecular formula is C20H22N6O3. The first-order valence-electron chi connectivity index (χ1n) is 9.05. The van der Waals surface area contributed by atoms with Crippen molar-refractivity contribution in [3.8, 4) is 17.2 Å². The van der Waals surface area contributed by atoms with Gasteiger partial charge in [0, 0.05) is 35.7 Å². The minimum atomic E-state index is 0.404. The number of nitrogens with two attached hydrogens (primary N) is 1. The van der Waals surface area contributed by atoms with Crippen LogP contribution >= 0.6 is 0 Å². The molecule has 1 aliphatic rings. The highest BCUT2D eigenvalue weighted by atomic mass is 16.5. The number of aromatic nitrogens is 3. The van der Waals surface area contributed by atoms with Gasteiger partial charge in [0.2, 0.25) is 17.6 Å². The fraction of sp³-hybridized carbons (Fsp3) is 0.250. The number of nitrogens with zero attached hydrogens (tertiary/aromatic N) is 4. The minimum Gasteiger partial charge on any atom is -0.493 e. The summed E-state index contributed by atoms with van der Waals surface area (Å²) in [5.74, 6) is 2.55. The van der Waals surface area contributed by atoms with Crippen LogP contribution in [0.1, 0.15) is 5.56 Å². The fourth-order valence-electron chi connectivity index (χ4n) is 3.36. The van der Waals surface area contributed by atoms with Crippen molar-refractivity contribution in [1.29, 1.82) is 0 Å². The number of fused-ring (bicyclic) bond motifs is 1. The molecule has 0 saturated heterocycles. The Morgan fingerprint density at radius 1 is 1.00 bits per heavy atom. The summed E-state index contributed by atoms with van der Waals surface area (Å²) < 4.78 is 16.1. The normalized spacial score (nSPS) is 12.4. The zero-order valence-corrected chi connectivity index (χ0v) is 16.5. The summed E-state index contributed by atoms with van der Waals surface area (Å²) in [4.78, 5) is 15.2. The van der Waals surface area contributed by atoms with Crippen LogP contribution in [0, 0.1) is 0 Å². The second-order valence-corrected chi connectivity index (χ2v) is 6.44. The Morgan fingerprint density at radius 3 is 2.45 bits per heavy atom. The van der Waals surface area contributed by atoms with Gasteiger partial charge in [-0.05, 0) is 24.1 Å². The molecule has 9 nitrogen and oxygen atoms in total. The van der Waals surface area contributed by atoms with Gasteiger partial charge >= 0.3 is 0 Å². The topological polar surface area (TPSA) is 108 Å². The van der Waals surface area contributed by atoms with Gasteiger partial charge in [-0.3, -0.25) is 0 Å². The summed E-state index contributed by atoms with van der Waals surface area (Å²) in [5, 5.41) is 3.17. The molecular weight excluding hydrogens is 372 g/mol. The molecule has 0 unspecified atom stereocenters. The van der Waals surface area contributed by atoms with E-state index in [4.69, 9.17) is 19.9 Å². The Kier molecular flexibility index (Phi) is 4.94. The number of hydrogen-bond acceptors (Lipinski definition) is 9. The van der Waals surface area contributed by atoms with Gasteiger partial charge in [-0.2, -0.15) is 4.98 Å². The largest absolute Gasteiger partial charge is 0.493 e. The van der Waals surface area contributed by atoms with Crippen LogP contribution < -0.4 is 30.2 Å². The van der Waals surface area contributed by atoms with Crippen molar-refractivity contribution in [2.75, 3.05) is 43.8 Å². The van der Waals surface area contributed by atoms with Crippen LogP contribution in [0.3, 0.4) is 0 Å². The molecule has 0 radical (unpaired) electrons. The smallest absolute Gasteiger partial charge is 0.234 e. The zero-order chi connectivity index (χ0) is 20.4. The summed E-state index contributed by atoms with van der Waals surface area (Å²) in [6.45, 7) is 0.784. The van der Waals surface area contributed by atoms with E-state index in [-0.39, 0.29) is 0 Å². The molecule has 0 bridgehead atoms. The number of anilines is 5. The standard InChI is InChI=1S/C20H22N6O3/c1-27-16-9-14(10-17(28-2)18(16)29-3)24-19-22-11-23-20(25-19)26-7-6-12-4-5-13(21)8-15(12)26/h4-5,8-11H,6-7,21H2,1-3H3,(H,22,23,24,25). The van der Waals surface area contributed by atoms with Crippen molar-refractivity contribution in [3.05, 3.63) is 42.2 Å². The van der Waals surface area contributed by atoms with Crippen molar-refractivity contribution in [2.45, 2.75) is 6.42 Å². The summed E-state index contributed by atoms with van der Waals surface area (Å²) in [6, 6.07) is 9.47. The first-order valence-corrected chi connectivity index (χ1v) is 9.05. The highest BCUT2D eigenvalue weighted by Crippen LogP contribution is 2.40. The average molecular weight is 394 g/mol. The molecule has 0 amide bonds. The summed E-state index contributed by atoms with van der Waals surface area (Å²) >= 11 is 0. The number of methoxy groups -OCH3 is 3. The summed E-state index contributed by atoms with van der Waals surface area (Å²) in [5.41, 5.74) is 9.61. The number of benzene rings is 2. The average Bonchev–Trinajstić information content (AvgIpc) is 3.16. The van der Waals surface area contributed by atoms with Crippen molar-refractivity contribution in [3.63, 3.8) is 0 Å². The zero-order valence-electron chi connectivity index (χ0n) is 16.5. The second kappa shape index (κ2) is 7.70. The third-order valence-corrected chi connectivity index (χ3v) is 4.73. The molecule has 150 valence electrons. The lowest BCUT2D eigenvalue weighted by atomic mass is 10.1. The SMILES string of the molecule is COc1cc(Nc2ncnc(N3CCc4ccc(N)cc43)n2)cc(OC)c1OC. The van der Waals surface area contributed by atoms with E-state index in [0.717, 1.165) is 18.7 Å². The van der Waals surface area contributed by atoms with Crippen LogP contribution in [0.4, 0.5) is 29.0 Å². The Bertz CT molecular complexity index is 1020. The van der Waals surface area contributed by atoms with Crippen LogP contribution in [0.5, 0.6) is 17.2 Å². The molecule has 0 atom stereocenters. The number of rotatable bonds is 6. The molecule has 4 rings (SSSR count). The molecule has 3 aromatic rings. The maximum absolute atomic E-state index is 5.96. The summed E-state index contributed by atoms with van der Waals surface area (Å²) in [7, 11) is 4.70. The van der Waals surface area contributed by atoms with Gasteiger partial charge in [0.1, 0.15) is 6.33 Å². The maximum atomic E-state index is 5.96. The monoisotopic (exact) mass is 394 g/mol. The number of nitrogens with one attached hydrogen (secondary N) is 1. The Labute approximate surface area is 168 Å². The minimum absolute atomic E-state index is 0.404. The Morgan fingerprint density at radius 2 is 1.76 bits per heavy atom. The van der Waals surface area contributed by atoms with Crippen LogP contribution in [-0.2, 0) is 6.42 Å². The van der Waals surface area contributed by atoms with E-state index in [2.05, 4.69) is 20.3 Å². The van der Waals surface area contributed by atoms with Gasteiger partial charge < -0.3 is 30.2 Å². The van der Waals surface area contributed by atoms with Crippen LogP contribution in [0.2, 0.25) is 0 Å². The van der Waals surface area contributed by atoms with Gasteiger partial charge in [-0.1, -0.05) is 6.07 Å². The van der Waals surface area contributed by atoms with E-state index in [1.807, 2.05) is 23.1 Å². The molecule has 1 aliphatic heterocycles. The summed E-state index contributed by atoms with van der Waals surface area (Å²) in [6.07, 6.45) is 2.39. The van der Waals surface area contributed by atoms with Crippen LogP contribution in [-0.4, -0.2) is 42.8 Å². The van der Waals surface area contributed by atoms with Crippen molar-refractivity contribution in [2.24, 2.45) is 0 Å². The molecule has 0 fully saturated rings. The van der Waals surface area contributed by atoms with Gasteiger partial charge in [0.05, 0.1) is 21.3 Å². The highest BCUT2D eigenvalue weighted by molar-refractivity contribution is 5.71. The predicted octanol–water partition coefficient (Wildman–Crippen LogP) is 2.92. The number of ether oxygens (including phenoxy) is 3. The van der Waals surface area contributed by atoms with Crippen molar-refractivity contribution >= 4 is 29.0 Å². The third kappa shape index (κ3) is 3.54. The van der Waals surface area contributed by atoms with Crippen LogP contribution in [0.25, 0.3) is 0 Å². The lowest BCUT2D eigenvalue weighted by molar-refractivity contribution is 0.324. The fourth-order valence-corrected chi connectivity index (χ4v) is 3.36. The van der Waals surface area contributed by atoms with Crippen molar-refractivity contribution < 1.29 is 14.2 Å². The predicted molar refractivity (Wildman–Crippen MR) is 111 cm³/mol. The second-order valence-electron chi connectivity index (χ2n) is 6.44. The lowest BCUT2D eigenvalue weighted by Gasteiger charge is -2.18. The molecule has 9 heteroatoms. The highest BCUT2D eigenvalue weighted by Gasteiger charge is 2.23. The van der Waals surface area contributed by atoms with Crippen LogP contribution in [0.15, 0.2) is 36.7 Å². The van der Waals surface area contributed by atoms with E-state index in [0.29, 0.717) is 40.5 Å². The number of nitrogen functional groups attached to an aromatic ring is 1. The number of hydrogen-bond donors (Lipinski definition) is 2. The Balaban J connectivity index is 1.64. The van der Waals surface area contributed by atoms with Gasteiger partial charge in [0.25, 0.3) is 0 Å². The first kappa shape index (κ1) is 18.6. The molecule has 0 saturated carbocycles. The van der Waals surface area contributed by atoms with Crippen molar-refractivity contribution in [1.82, 2.24) is 15.0 Å². The molecule has 29 heavy (non-hydrogen) atoms. The van der Waals surface area contributed by atoms with E-state index < -0.39 is 0 Å².